The van der Waals surface area contributed by atoms with E-state index in [1.807, 2.05) is 86.9 Å². The highest BCUT2D eigenvalue weighted by atomic mass is 32.1. The Labute approximate surface area is 403 Å². The van der Waals surface area contributed by atoms with Crippen LogP contribution >= 0.6 is 22.7 Å². The fraction of sp³-hybridized carbons (Fsp3) is 0.109. The fourth-order valence-electron chi connectivity index (χ4n) is 7.38. The molecule has 0 saturated carbocycles. The number of aromatic carboxylic acids is 1. The molecule has 0 aliphatic carbocycles. The number of rotatable bonds is 12. The molecule has 0 aliphatic rings. The number of aromatic amines is 2. The smallest absolute Gasteiger partial charge is 0.365 e. The molecule has 0 bridgehead atoms. The Morgan fingerprint density at radius 3 is 1.59 bits per heavy atom. The molecule has 0 radical (unpaired) electrons. The van der Waals surface area contributed by atoms with Crippen LogP contribution in [0, 0.1) is 13.8 Å². The molecule has 0 unspecified atom stereocenters. The van der Waals surface area contributed by atoms with Gasteiger partial charge in [0.15, 0.2) is 0 Å². The summed E-state index contributed by atoms with van der Waals surface area (Å²) in [4.78, 5) is 24.8. The van der Waals surface area contributed by atoms with Crippen molar-refractivity contribution in [2.45, 2.75) is 26.7 Å². The minimum absolute atomic E-state index is 0.160. The molecule has 5 N–H and O–H groups in total. The van der Waals surface area contributed by atoms with Crippen molar-refractivity contribution in [1.29, 1.82) is 0 Å². The van der Waals surface area contributed by atoms with Gasteiger partial charge in [0.05, 0.1) is 27.4 Å². The predicted molar refractivity (Wildman–Crippen MR) is 284 cm³/mol. The van der Waals surface area contributed by atoms with E-state index in [1.54, 1.807) is 17.5 Å². The van der Waals surface area contributed by atoms with Crippen molar-refractivity contribution < 1.29 is 9.90 Å². The van der Waals surface area contributed by atoms with Crippen LogP contribution in [0.4, 0.5) is 28.4 Å². The Morgan fingerprint density at radius 2 is 1.10 bits per heavy atom. The molecule has 340 valence electrons. The van der Waals surface area contributed by atoms with E-state index < -0.39 is 5.97 Å². The Kier molecular flexibility index (Phi) is 14.9. The number of fused-ring (bicyclic) bond motifs is 2. The van der Waals surface area contributed by atoms with Crippen LogP contribution in [0.5, 0.6) is 0 Å². The summed E-state index contributed by atoms with van der Waals surface area (Å²) in [6.07, 6.45) is 13.7. The van der Waals surface area contributed by atoms with Crippen molar-refractivity contribution in [3.8, 4) is 0 Å². The SMILES string of the molecule is CN(c1cccc(N)c1)c1ccc2c(/C=C/c3ccccc3)n[nH]c2c1.Cc1cnc(C(=O)O)s1.Cc1cnc(CCc2cccc(N(C)c3ccc4c(/C=C/c5ccccc5)n[nH]c4c3)c2)s1. The number of benzene rings is 6. The van der Waals surface area contributed by atoms with Crippen LogP contribution < -0.4 is 15.5 Å². The third kappa shape index (κ3) is 12.0. The van der Waals surface area contributed by atoms with E-state index in [0.29, 0.717) is 0 Å². The van der Waals surface area contributed by atoms with Gasteiger partial charge in [-0.1, -0.05) is 91.0 Å². The molecule has 11 nitrogen and oxygen atoms in total. The standard InChI is InChI=1S/C28H26N4S.C22H20N4.C5H5NO2S/c1-20-19-29-28(33-20)16-12-22-9-6-10-23(17-22)32(2)24-13-14-25-26(30-31-27(25)18-24)15-11-21-7-4-3-5-8-21;1-26(18-9-5-8-17(23)14-18)19-11-12-20-21(24-25-22(20)15-19)13-10-16-6-3-2-4-7-16;1-3-2-6-4(9-3)5(7)8/h3-11,13-15,17-19H,12,16H2,1-2H3,(H,30,31);2-15H,23H2,1H3,(H,24,25);2H,1H3,(H,7,8)/b15-11+;13-10+;. The van der Waals surface area contributed by atoms with Crippen molar-refractivity contribution in [2.24, 2.45) is 0 Å². The summed E-state index contributed by atoms with van der Waals surface area (Å²) in [6.45, 7) is 3.93. The van der Waals surface area contributed by atoms with Gasteiger partial charge in [-0.2, -0.15) is 10.2 Å². The number of thiazole rings is 2. The number of aromatic nitrogens is 6. The zero-order valence-electron chi connectivity index (χ0n) is 38.2. The summed E-state index contributed by atoms with van der Waals surface area (Å²) in [5.74, 6) is -0.951. The first-order valence-corrected chi connectivity index (χ1v) is 23.6. The fourth-order valence-corrected chi connectivity index (χ4v) is 8.77. The molecule has 10 aromatic rings. The van der Waals surface area contributed by atoms with E-state index in [4.69, 9.17) is 10.8 Å². The van der Waals surface area contributed by atoms with Crippen molar-refractivity contribution in [2.75, 3.05) is 29.6 Å². The second kappa shape index (κ2) is 21.9. The van der Waals surface area contributed by atoms with Gasteiger partial charge in [0.25, 0.3) is 0 Å². The lowest BCUT2D eigenvalue weighted by molar-refractivity contribution is 0.0696. The van der Waals surface area contributed by atoms with Crippen molar-refractivity contribution >= 4 is 103 Å². The Hall–Kier alpha value is -8.13. The average Bonchev–Trinajstić information content (AvgIpc) is 4.19. The predicted octanol–water partition coefficient (Wildman–Crippen LogP) is 13.3. The quantitative estimate of drug-likeness (QED) is 0.0877. The third-order valence-electron chi connectivity index (χ3n) is 11.0. The van der Waals surface area contributed by atoms with Gasteiger partial charge in [-0.3, -0.25) is 10.2 Å². The molecular weight excluding hydrogens is 883 g/mol. The largest absolute Gasteiger partial charge is 0.476 e. The van der Waals surface area contributed by atoms with E-state index in [9.17, 15) is 4.79 Å². The number of carboxylic acid groups (broad SMARTS) is 1. The summed E-state index contributed by atoms with van der Waals surface area (Å²) < 4.78 is 0. The number of hydrogen-bond acceptors (Lipinski definition) is 10. The van der Waals surface area contributed by atoms with Gasteiger partial charge in [-0.05, 0) is 116 Å². The van der Waals surface area contributed by atoms with Crippen molar-refractivity contribution in [3.63, 3.8) is 0 Å². The lowest BCUT2D eigenvalue weighted by atomic mass is 10.1. The number of H-pyrrole nitrogens is 2. The van der Waals surface area contributed by atoms with Crippen LogP contribution in [-0.4, -0.2) is 55.5 Å². The Bertz CT molecular complexity index is 3320. The number of aryl methyl sites for hydroxylation is 4. The van der Waals surface area contributed by atoms with Gasteiger partial charge in [0.1, 0.15) is 0 Å². The van der Waals surface area contributed by atoms with Gasteiger partial charge in [-0.25, -0.2) is 14.8 Å². The van der Waals surface area contributed by atoms with Crippen LogP contribution in [-0.2, 0) is 12.8 Å². The molecule has 4 heterocycles. The first-order valence-electron chi connectivity index (χ1n) is 22.0. The van der Waals surface area contributed by atoms with Gasteiger partial charge < -0.3 is 20.6 Å². The second-order valence-corrected chi connectivity index (χ2v) is 18.5. The molecule has 0 spiro atoms. The molecule has 0 fully saturated rings. The van der Waals surface area contributed by atoms with E-state index in [-0.39, 0.29) is 5.01 Å². The monoisotopic (exact) mass is 933 g/mol. The van der Waals surface area contributed by atoms with Crippen molar-refractivity contribution in [3.05, 3.63) is 206 Å². The zero-order valence-corrected chi connectivity index (χ0v) is 39.8. The van der Waals surface area contributed by atoms with Gasteiger partial charge in [0, 0.05) is 81.9 Å². The Morgan fingerprint density at radius 1 is 0.588 bits per heavy atom. The highest BCUT2D eigenvalue weighted by Gasteiger charge is 2.11. The molecule has 68 heavy (non-hydrogen) atoms. The maximum absolute atomic E-state index is 10.2. The van der Waals surface area contributed by atoms with E-state index in [0.717, 1.165) is 84.8 Å². The van der Waals surface area contributed by atoms with Gasteiger partial charge in [0.2, 0.25) is 5.01 Å². The highest BCUT2D eigenvalue weighted by Crippen LogP contribution is 2.31. The molecule has 0 aliphatic heterocycles. The summed E-state index contributed by atoms with van der Waals surface area (Å²) in [5, 5.41) is 27.2. The normalized spacial score (nSPS) is 11.1. The van der Waals surface area contributed by atoms with Gasteiger partial charge >= 0.3 is 5.97 Å². The molecule has 0 atom stereocenters. The number of hydrogen-bond donors (Lipinski definition) is 4. The summed E-state index contributed by atoms with van der Waals surface area (Å²) >= 11 is 2.97. The minimum Gasteiger partial charge on any atom is -0.476 e. The second-order valence-electron chi connectivity index (χ2n) is 16.0. The first kappa shape index (κ1) is 46.4. The van der Waals surface area contributed by atoms with E-state index in [2.05, 4.69) is 157 Å². The van der Waals surface area contributed by atoms with Crippen molar-refractivity contribution in [1.82, 2.24) is 30.4 Å². The molecule has 4 aromatic heterocycles. The average molecular weight is 934 g/mol. The summed E-state index contributed by atoms with van der Waals surface area (Å²) in [7, 11) is 4.14. The summed E-state index contributed by atoms with van der Waals surface area (Å²) in [6, 6.07) is 49.9. The van der Waals surface area contributed by atoms with Gasteiger partial charge in [-0.15, -0.1) is 22.7 Å². The number of nitrogens with one attached hydrogen (secondary N) is 2. The molecule has 0 saturated heterocycles. The summed E-state index contributed by atoms with van der Waals surface area (Å²) in [5.41, 5.74) is 18.6. The third-order valence-corrected chi connectivity index (χ3v) is 12.9. The topological polar surface area (TPSA) is 153 Å². The zero-order chi connectivity index (χ0) is 47.4. The lowest BCUT2D eigenvalue weighted by Gasteiger charge is -2.20. The molecular formula is C55H51N9O2S2. The molecule has 6 aromatic carbocycles. The van der Waals surface area contributed by atoms with Crippen LogP contribution in [0.15, 0.2) is 158 Å². The maximum atomic E-state index is 10.2. The van der Waals surface area contributed by atoms with Crippen LogP contribution in [0.25, 0.3) is 46.1 Å². The van der Waals surface area contributed by atoms with Crippen LogP contribution in [0.1, 0.15) is 52.6 Å². The van der Waals surface area contributed by atoms with E-state index in [1.165, 1.54) is 32.5 Å². The number of anilines is 5. The number of nitrogen functional groups attached to an aromatic ring is 1. The maximum Gasteiger partial charge on any atom is 0.365 e. The first-order chi connectivity index (χ1) is 33.1. The van der Waals surface area contributed by atoms with E-state index >= 15 is 0 Å². The number of carbonyl (C=O) groups is 1. The molecule has 10 rings (SSSR count). The number of nitrogens with zero attached hydrogens (tertiary/aromatic N) is 6. The lowest BCUT2D eigenvalue weighted by Crippen LogP contribution is -2.09. The number of carboxylic acids is 1. The number of nitrogens with two attached hydrogens (primary N) is 1. The van der Waals surface area contributed by atoms with Crippen LogP contribution in [0.3, 0.4) is 0 Å². The van der Waals surface area contributed by atoms with Crippen LogP contribution in [0.2, 0.25) is 0 Å². The molecule has 0 amide bonds. The Balaban J connectivity index is 0.000000158. The highest BCUT2D eigenvalue weighted by molar-refractivity contribution is 7.13. The minimum atomic E-state index is -0.951. The molecule has 13 heteroatoms.